The standard InChI is InChI=1S/C25H23N3O/c1-17(14-22-25(2,3)20-12-8-9-13-21(20)28(22)4)23(19(15-26)16-27)24(29)18-10-6-5-7-11-18/h5-14,19H,1-4H3/b22-14-,23-17+. The molecule has 0 aromatic heterocycles. The molecule has 2 aromatic rings. The van der Waals surface area contributed by atoms with Crippen LogP contribution in [-0.4, -0.2) is 12.8 Å². The number of benzene rings is 2. The van der Waals surface area contributed by atoms with Gasteiger partial charge in [-0.2, -0.15) is 10.5 Å². The molecule has 4 nitrogen and oxygen atoms in total. The summed E-state index contributed by atoms with van der Waals surface area (Å²) in [6.07, 6.45) is 1.94. The zero-order valence-corrected chi connectivity index (χ0v) is 17.1. The van der Waals surface area contributed by atoms with Crippen LogP contribution < -0.4 is 4.90 Å². The Kier molecular flexibility index (Phi) is 5.39. The number of likely N-dealkylation sites (N-methyl/N-ethyl adjacent to an activating group) is 1. The van der Waals surface area contributed by atoms with E-state index in [0.29, 0.717) is 11.1 Å². The number of hydrogen-bond donors (Lipinski definition) is 0. The summed E-state index contributed by atoms with van der Waals surface area (Å²) in [5.41, 5.74) is 4.41. The van der Waals surface area contributed by atoms with Crippen molar-refractivity contribution in [2.45, 2.75) is 26.2 Å². The number of carbonyl (C=O) groups excluding carboxylic acids is 1. The first kappa shape index (κ1) is 20.1. The number of hydrogen-bond acceptors (Lipinski definition) is 4. The zero-order valence-electron chi connectivity index (χ0n) is 17.1. The molecule has 0 radical (unpaired) electrons. The van der Waals surface area contributed by atoms with Crippen molar-refractivity contribution in [1.82, 2.24) is 0 Å². The Hall–Kier alpha value is -3.63. The van der Waals surface area contributed by atoms with E-state index in [9.17, 15) is 15.3 Å². The van der Waals surface area contributed by atoms with Gasteiger partial charge in [0.25, 0.3) is 0 Å². The molecule has 0 N–H and O–H groups in total. The van der Waals surface area contributed by atoms with Gasteiger partial charge in [-0.05, 0) is 30.2 Å². The molecule has 4 heteroatoms. The van der Waals surface area contributed by atoms with Crippen molar-refractivity contribution >= 4 is 11.5 Å². The molecule has 1 heterocycles. The quantitative estimate of drug-likeness (QED) is 0.542. The largest absolute Gasteiger partial charge is 0.347 e. The van der Waals surface area contributed by atoms with Gasteiger partial charge in [0, 0.05) is 35.0 Å². The third-order valence-corrected chi connectivity index (χ3v) is 5.55. The third kappa shape index (κ3) is 3.46. The van der Waals surface area contributed by atoms with Gasteiger partial charge in [0.05, 0.1) is 12.1 Å². The van der Waals surface area contributed by atoms with Crippen LogP contribution in [0.2, 0.25) is 0 Å². The first-order valence-corrected chi connectivity index (χ1v) is 9.48. The van der Waals surface area contributed by atoms with Gasteiger partial charge in [-0.25, -0.2) is 0 Å². The Balaban J connectivity index is 2.17. The van der Waals surface area contributed by atoms with Crippen LogP contribution >= 0.6 is 0 Å². The van der Waals surface area contributed by atoms with E-state index in [1.165, 1.54) is 5.56 Å². The van der Waals surface area contributed by atoms with E-state index in [1.54, 1.807) is 31.2 Å². The van der Waals surface area contributed by atoms with Crippen molar-refractivity contribution in [3.63, 3.8) is 0 Å². The van der Waals surface area contributed by atoms with Gasteiger partial charge in [0.1, 0.15) is 0 Å². The van der Waals surface area contributed by atoms with E-state index in [1.807, 2.05) is 43.5 Å². The van der Waals surface area contributed by atoms with E-state index >= 15 is 0 Å². The van der Waals surface area contributed by atoms with Crippen LogP contribution in [0.5, 0.6) is 0 Å². The lowest BCUT2D eigenvalue weighted by molar-refractivity contribution is 0.102. The number of Topliss-reactive ketones (excluding diaryl/α,β-unsaturated/α-hetero) is 1. The van der Waals surface area contributed by atoms with E-state index in [0.717, 1.165) is 11.4 Å². The van der Waals surface area contributed by atoms with Gasteiger partial charge in [-0.1, -0.05) is 62.4 Å². The number of ketones is 1. The molecule has 0 amide bonds. The molecule has 0 bridgehead atoms. The molecule has 1 aliphatic heterocycles. The van der Waals surface area contributed by atoms with Gasteiger partial charge < -0.3 is 4.90 Å². The molecule has 0 aliphatic carbocycles. The number of allylic oxidation sites excluding steroid dienone is 4. The van der Waals surface area contributed by atoms with Gasteiger partial charge in [-0.3, -0.25) is 4.79 Å². The highest BCUT2D eigenvalue weighted by atomic mass is 16.1. The molecule has 0 spiro atoms. The smallest absolute Gasteiger partial charge is 0.191 e. The first-order chi connectivity index (χ1) is 13.8. The fraction of sp³-hybridized carbons (Fsp3) is 0.240. The van der Waals surface area contributed by atoms with Crippen molar-refractivity contribution in [2.75, 3.05) is 11.9 Å². The molecular weight excluding hydrogens is 358 g/mol. The number of nitrogens with zero attached hydrogens (tertiary/aromatic N) is 3. The van der Waals surface area contributed by atoms with Crippen LogP contribution in [0.1, 0.15) is 36.7 Å². The Labute approximate surface area is 172 Å². The van der Waals surface area contributed by atoms with E-state index in [4.69, 9.17) is 0 Å². The summed E-state index contributed by atoms with van der Waals surface area (Å²) in [4.78, 5) is 15.3. The first-order valence-electron chi connectivity index (χ1n) is 9.48. The second kappa shape index (κ2) is 7.78. The summed E-state index contributed by atoms with van der Waals surface area (Å²) in [6.45, 7) is 6.08. The molecule has 3 rings (SSSR count). The molecule has 144 valence electrons. The van der Waals surface area contributed by atoms with Crippen molar-refractivity contribution in [3.05, 3.63) is 88.6 Å². The number of rotatable bonds is 4. The highest BCUT2D eigenvalue weighted by molar-refractivity contribution is 6.10. The third-order valence-electron chi connectivity index (χ3n) is 5.55. The molecule has 29 heavy (non-hydrogen) atoms. The predicted molar refractivity (Wildman–Crippen MR) is 114 cm³/mol. The summed E-state index contributed by atoms with van der Waals surface area (Å²) < 4.78 is 0. The summed E-state index contributed by atoms with van der Waals surface area (Å²) in [7, 11) is 2.00. The van der Waals surface area contributed by atoms with Crippen molar-refractivity contribution in [1.29, 1.82) is 10.5 Å². The van der Waals surface area contributed by atoms with Crippen LogP contribution in [0.25, 0.3) is 0 Å². The van der Waals surface area contributed by atoms with E-state index < -0.39 is 5.92 Å². The maximum absolute atomic E-state index is 13.2. The predicted octanol–water partition coefficient (Wildman–Crippen LogP) is 5.16. The van der Waals surface area contributed by atoms with Crippen LogP contribution in [0.4, 0.5) is 5.69 Å². The number of nitriles is 2. The van der Waals surface area contributed by atoms with Crippen molar-refractivity contribution < 1.29 is 4.79 Å². The fourth-order valence-corrected chi connectivity index (χ4v) is 3.98. The van der Waals surface area contributed by atoms with Gasteiger partial charge >= 0.3 is 0 Å². The lowest BCUT2D eigenvalue weighted by atomic mass is 9.82. The molecule has 0 fully saturated rings. The molecule has 1 aliphatic rings. The Bertz CT molecular complexity index is 1080. The van der Waals surface area contributed by atoms with E-state index in [-0.39, 0.29) is 16.8 Å². The Morgan fingerprint density at radius 2 is 1.62 bits per heavy atom. The number of carbonyl (C=O) groups is 1. The van der Waals surface area contributed by atoms with E-state index in [2.05, 4.69) is 30.9 Å². The zero-order chi connectivity index (χ0) is 21.2. The van der Waals surface area contributed by atoms with Crippen LogP contribution in [-0.2, 0) is 5.41 Å². The normalized spacial score (nSPS) is 16.8. The van der Waals surface area contributed by atoms with Gasteiger partial charge in [-0.15, -0.1) is 0 Å². The number of fused-ring (bicyclic) bond motifs is 1. The fourth-order valence-electron chi connectivity index (χ4n) is 3.98. The number of para-hydroxylation sites is 1. The average Bonchev–Trinajstić information content (AvgIpc) is 2.93. The highest BCUT2D eigenvalue weighted by Crippen LogP contribution is 2.47. The Morgan fingerprint density at radius 3 is 2.21 bits per heavy atom. The van der Waals surface area contributed by atoms with Crippen LogP contribution in [0.3, 0.4) is 0 Å². The molecule has 0 atom stereocenters. The van der Waals surface area contributed by atoms with Crippen LogP contribution in [0, 0.1) is 28.6 Å². The van der Waals surface area contributed by atoms with Crippen molar-refractivity contribution in [2.24, 2.45) is 5.92 Å². The Morgan fingerprint density at radius 1 is 1.03 bits per heavy atom. The summed E-state index contributed by atoms with van der Waals surface area (Å²) in [6, 6.07) is 20.9. The summed E-state index contributed by atoms with van der Waals surface area (Å²) >= 11 is 0. The maximum atomic E-state index is 13.2. The molecule has 0 unspecified atom stereocenters. The topological polar surface area (TPSA) is 67.9 Å². The van der Waals surface area contributed by atoms with Gasteiger partial charge in [0.2, 0.25) is 0 Å². The summed E-state index contributed by atoms with van der Waals surface area (Å²) in [5.74, 6) is -1.42. The molecule has 2 aromatic carbocycles. The second-order valence-corrected chi connectivity index (χ2v) is 7.71. The minimum Gasteiger partial charge on any atom is -0.347 e. The second-order valence-electron chi connectivity index (χ2n) is 7.71. The van der Waals surface area contributed by atoms with Crippen LogP contribution in [0.15, 0.2) is 77.5 Å². The van der Waals surface area contributed by atoms with Crippen molar-refractivity contribution in [3.8, 4) is 12.1 Å². The SMILES string of the molecule is CC(/C=C1\N(C)c2ccccc2C1(C)C)=C(\C(=O)c1ccccc1)C(C#N)C#N. The minimum atomic E-state index is -1.13. The maximum Gasteiger partial charge on any atom is 0.191 e. The molecule has 0 saturated heterocycles. The lowest BCUT2D eigenvalue weighted by Crippen LogP contribution is -2.23. The van der Waals surface area contributed by atoms with Gasteiger partial charge in [0.15, 0.2) is 11.7 Å². The molecule has 0 saturated carbocycles. The highest BCUT2D eigenvalue weighted by Gasteiger charge is 2.38. The average molecular weight is 381 g/mol. The minimum absolute atomic E-state index is 0.230. The summed E-state index contributed by atoms with van der Waals surface area (Å²) in [5, 5.41) is 19.0. The monoisotopic (exact) mass is 381 g/mol. The number of anilines is 1. The molecular formula is C25H23N3O. The lowest BCUT2D eigenvalue weighted by Gasteiger charge is -2.25.